The van der Waals surface area contributed by atoms with Crippen LogP contribution >= 0.6 is 0 Å². The molecule has 2 rings (SSSR count). The topological polar surface area (TPSA) is 44.1 Å². The van der Waals surface area contributed by atoms with Crippen LogP contribution in [0.25, 0.3) is 0 Å². The van der Waals surface area contributed by atoms with E-state index >= 15 is 0 Å². The van der Waals surface area contributed by atoms with Crippen molar-refractivity contribution in [1.29, 1.82) is 0 Å². The van der Waals surface area contributed by atoms with Gasteiger partial charge in [0.25, 0.3) is 0 Å². The van der Waals surface area contributed by atoms with Gasteiger partial charge < -0.3 is 4.74 Å². The molecule has 1 aliphatic carbocycles. The first-order chi connectivity index (χ1) is 7.77. The fraction of sp³-hybridized carbons (Fsp3) is 0.667. The molecular weight excluding hydrogens is 204 g/mol. The van der Waals surface area contributed by atoms with Crippen molar-refractivity contribution < 1.29 is 9.53 Å². The number of aromatic nitrogens is 2. The maximum atomic E-state index is 11.7. The Kier molecular flexibility index (Phi) is 3.27. The van der Waals surface area contributed by atoms with E-state index in [1.54, 1.807) is 6.20 Å². The monoisotopic (exact) mass is 222 g/mol. The van der Waals surface area contributed by atoms with Crippen LogP contribution < -0.4 is 0 Å². The Morgan fingerprint density at radius 3 is 2.88 bits per heavy atom. The second-order valence-electron chi connectivity index (χ2n) is 4.16. The van der Waals surface area contributed by atoms with E-state index in [2.05, 4.69) is 12.0 Å². The molecule has 88 valence electrons. The van der Waals surface area contributed by atoms with E-state index in [4.69, 9.17) is 4.74 Å². The first-order valence-electron chi connectivity index (χ1n) is 6.00. The molecule has 0 aliphatic heterocycles. The lowest BCUT2D eigenvalue weighted by Crippen LogP contribution is -2.09. The number of hydrogen-bond acceptors (Lipinski definition) is 3. The van der Waals surface area contributed by atoms with Crippen LogP contribution in [0.3, 0.4) is 0 Å². The van der Waals surface area contributed by atoms with Gasteiger partial charge in [0.15, 0.2) is 0 Å². The molecule has 0 radical (unpaired) electrons. The Balaban J connectivity index is 2.26. The average molecular weight is 222 g/mol. The summed E-state index contributed by atoms with van der Waals surface area (Å²) >= 11 is 0. The largest absolute Gasteiger partial charge is 0.462 e. The summed E-state index contributed by atoms with van der Waals surface area (Å²) in [5, 5.41) is 4.29. The number of rotatable bonds is 5. The molecule has 0 atom stereocenters. The summed E-state index contributed by atoms with van der Waals surface area (Å²) < 4.78 is 7.01. The van der Waals surface area contributed by atoms with Crippen LogP contribution in [0.5, 0.6) is 0 Å². The number of hydrogen-bond donors (Lipinski definition) is 0. The van der Waals surface area contributed by atoms with Gasteiger partial charge in [-0.3, -0.25) is 4.68 Å². The van der Waals surface area contributed by atoms with E-state index in [9.17, 15) is 4.79 Å². The molecule has 1 aromatic heterocycles. The van der Waals surface area contributed by atoms with Gasteiger partial charge in [-0.15, -0.1) is 0 Å². The number of nitrogens with zero attached hydrogens (tertiary/aromatic N) is 2. The minimum Gasteiger partial charge on any atom is -0.462 e. The zero-order chi connectivity index (χ0) is 11.5. The Hall–Kier alpha value is -1.32. The number of carbonyl (C=O) groups is 1. The standard InChI is InChI=1S/C12H18N2O2/c1-3-7-14-11(9-5-6-9)10(8-13-14)12(15)16-4-2/h8-9H,3-7H2,1-2H3. The van der Waals surface area contributed by atoms with Gasteiger partial charge in [-0.1, -0.05) is 6.92 Å². The minimum atomic E-state index is -0.230. The van der Waals surface area contributed by atoms with Crippen LogP contribution in [0.15, 0.2) is 6.20 Å². The zero-order valence-corrected chi connectivity index (χ0v) is 9.90. The smallest absolute Gasteiger partial charge is 0.341 e. The van der Waals surface area contributed by atoms with Crippen LogP contribution in [0.1, 0.15) is 55.1 Å². The van der Waals surface area contributed by atoms with Gasteiger partial charge in [-0.05, 0) is 26.2 Å². The van der Waals surface area contributed by atoms with Gasteiger partial charge >= 0.3 is 5.97 Å². The summed E-state index contributed by atoms with van der Waals surface area (Å²) in [5.74, 6) is 0.292. The summed E-state index contributed by atoms with van der Waals surface area (Å²) in [7, 11) is 0. The van der Waals surface area contributed by atoms with E-state index in [1.807, 2.05) is 11.6 Å². The molecule has 0 bridgehead atoms. The summed E-state index contributed by atoms with van der Waals surface area (Å²) in [4.78, 5) is 11.7. The second-order valence-corrected chi connectivity index (χ2v) is 4.16. The lowest BCUT2D eigenvalue weighted by atomic mass is 10.2. The van der Waals surface area contributed by atoms with Crippen molar-refractivity contribution in [2.24, 2.45) is 0 Å². The molecule has 0 spiro atoms. The number of carbonyl (C=O) groups excluding carboxylic acids is 1. The quantitative estimate of drug-likeness (QED) is 0.718. The van der Waals surface area contributed by atoms with Crippen molar-refractivity contribution in [3.8, 4) is 0 Å². The molecule has 0 unspecified atom stereocenters. The fourth-order valence-electron chi connectivity index (χ4n) is 1.94. The van der Waals surface area contributed by atoms with E-state index in [0.717, 1.165) is 18.7 Å². The molecule has 0 aromatic carbocycles. The molecule has 0 saturated heterocycles. The third-order valence-corrected chi connectivity index (χ3v) is 2.78. The van der Waals surface area contributed by atoms with E-state index < -0.39 is 0 Å². The predicted octanol–water partition coefficient (Wildman–Crippen LogP) is 2.35. The third-order valence-electron chi connectivity index (χ3n) is 2.78. The Labute approximate surface area is 95.6 Å². The lowest BCUT2D eigenvalue weighted by molar-refractivity contribution is 0.0525. The molecule has 4 heteroatoms. The zero-order valence-electron chi connectivity index (χ0n) is 9.90. The number of aryl methyl sites for hydroxylation is 1. The van der Waals surface area contributed by atoms with Crippen molar-refractivity contribution in [1.82, 2.24) is 9.78 Å². The van der Waals surface area contributed by atoms with Crippen LogP contribution in [0, 0.1) is 0 Å². The van der Waals surface area contributed by atoms with Crippen molar-refractivity contribution in [2.45, 2.75) is 45.6 Å². The molecule has 4 nitrogen and oxygen atoms in total. The van der Waals surface area contributed by atoms with Crippen LogP contribution in [0.4, 0.5) is 0 Å². The second kappa shape index (κ2) is 4.68. The maximum absolute atomic E-state index is 11.7. The highest BCUT2D eigenvalue weighted by Crippen LogP contribution is 2.41. The van der Waals surface area contributed by atoms with Gasteiger partial charge in [0, 0.05) is 12.5 Å². The number of esters is 1. The van der Waals surface area contributed by atoms with Gasteiger partial charge in [-0.2, -0.15) is 5.10 Å². The van der Waals surface area contributed by atoms with Crippen molar-refractivity contribution >= 4 is 5.97 Å². The SMILES string of the molecule is CCCn1ncc(C(=O)OCC)c1C1CC1. The van der Waals surface area contributed by atoms with Crippen molar-refractivity contribution in [2.75, 3.05) is 6.61 Å². The van der Waals surface area contributed by atoms with Gasteiger partial charge in [0.1, 0.15) is 5.56 Å². The van der Waals surface area contributed by atoms with Crippen molar-refractivity contribution in [3.05, 3.63) is 17.5 Å². The van der Waals surface area contributed by atoms with Gasteiger partial charge in [-0.25, -0.2) is 4.79 Å². The molecular formula is C12H18N2O2. The van der Waals surface area contributed by atoms with Crippen LogP contribution in [-0.2, 0) is 11.3 Å². The maximum Gasteiger partial charge on any atom is 0.341 e. The summed E-state index contributed by atoms with van der Waals surface area (Å²) in [6.45, 7) is 5.24. The molecule has 1 aliphatic rings. The highest BCUT2D eigenvalue weighted by Gasteiger charge is 2.32. The molecule has 0 amide bonds. The summed E-state index contributed by atoms with van der Waals surface area (Å²) in [6, 6.07) is 0. The van der Waals surface area contributed by atoms with Gasteiger partial charge in [0.05, 0.1) is 18.5 Å². The Morgan fingerprint density at radius 2 is 2.31 bits per heavy atom. The van der Waals surface area contributed by atoms with E-state index in [0.29, 0.717) is 18.1 Å². The Morgan fingerprint density at radius 1 is 1.56 bits per heavy atom. The highest BCUT2D eigenvalue weighted by atomic mass is 16.5. The lowest BCUT2D eigenvalue weighted by Gasteiger charge is -2.07. The first-order valence-corrected chi connectivity index (χ1v) is 6.00. The first kappa shape index (κ1) is 11.2. The highest BCUT2D eigenvalue weighted by molar-refractivity contribution is 5.90. The normalized spacial score (nSPS) is 15.1. The summed E-state index contributed by atoms with van der Waals surface area (Å²) in [6.07, 6.45) is 5.02. The minimum absolute atomic E-state index is 0.230. The summed E-state index contributed by atoms with van der Waals surface area (Å²) in [5.41, 5.74) is 1.75. The predicted molar refractivity (Wildman–Crippen MR) is 60.4 cm³/mol. The van der Waals surface area contributed by atoms with Crippen molar-refractivity contribution in [3.63, 3.8) is 0 Å². The number of ether oxygens (including phenoxy) is 1. The molecule has 1 fully saturated rings. The average Bonchev–Trinajstić information content (AvgIpc) is 3.01. The van der Waals surface area contributed by atoms with Gasteiger partial charge in [0.2, 0.25) is 0 Å². The van der Waals surface area contributed by atoms with E-state index in [1.165, 1.54) is 12.8 Å². The third kappa shape index (κ3) is 2.10. The molecule has 1 aromatic rings. The van der Waals surface area contributed by atoms with E-state index in [-0.39, 0.29) is 5.97 Å². The molecule has 0 N–H and O–H groups in total. The molecule has 1 saturated carbocycles. The van der Waals surface area contributed by atoms with Crippen LogP contribution in [0.2, 0.25) is 0 Å². The molecule has 16 heavy (non-hydrogen) atoms. The van der Waals surface area contributed by atoms with Crippen LogP contribution in [-0.4, -0.2) is 22.4 Å². The fourth-order valence-corrected chi connectivity index (χ4v) is 1.94. The molecule has 1 heterocycles. The Bertz CT molecular complexity index is 380.